The van der Waals surface area contributed by atoms with Crippen LogP contribution in [0.3, 0.4) is 0 Å². The van der Waals surface area contributed by atoms with Gasteiger partial charge in [0, 0.05) is 24.8 Å². The molecule has 1 unspecified atom stereocenters. The average Bonchev–Trinajstić information content (AvgIpc) is 2.74. The molecule has 0 saturated carbocycles. The molecule has 0 aliphatic heterocycles. The Morgan fingerprint density at radius 3 is 2.52 bits per heavy atom. The van der Waals surface area contributed by atoms with Crippen LogP contribution in [0.4, 0.5) is 10.5 Å². The SMILES string of the molecule is C#CCOc1cc(CNC(=O)NCC(Nc2ccccc2)C(C)C)ccc1OC. The van der Waals surface area contributed by atoms with Gasteiger partial charge in [0.2, 0.25) is 0 Å². The van der Waals surface area contributed by atoms with Gasteiger partial charge in [-0.15, -0.1) is 6.42 Å². The number of benzene rings is 2. The second-order valence-corrected chi connectivity index (χ2v) is 6.90. The highest BCUT2D eigenvalue weighted by molar-refractivity contribution is 5.74. The van der Waals surface area contributed by atoms with Gasteiger partial charge in [0.1, 0.15) is 6.61 Å². The van der Waals surface area contributed by atoms with Crippen LogP contribution in [0.1, 0.15) is 19.4 Å². The molecule has 6 nitrogen and oxygen atoms in total. The smallest absolute Gasteiger partial charge is 0.315 e. The number of urea groups is 1. The van der Waals surface area contributed by atoms with E-state index in [0.29, 0.717) is 30.5 Å². The highest BCUT2D eigenvalue weighted by atomic mass is 16.5. The Balaban J connectivity index is 1.86. The van der Waals surface area contributed by atoms with Crippen molar-refractivity contribution in [1.82, 2.24) is 10.6 Å². The maximum Gasteiger partial charge on any atom is 0.315 e. The fourth-order valence-electron chi connectivity index (χ4n) is 2.71. The predicted octanol–water partition coefficient (Wildman–Crippen LogP) is 3.64. The van der Waals surface area contributed by atoms with Crippen LogP contribution in [0.25, 0.3) is 0 Å². The summed E-state index contributed by atoms with van der Waals surface area (Å²) in [4.78, 5) is 12.2. The Bertz CT molecular complexity index is 816. The molecule has 0 aliphatic rings. The first-order valence-electron chi connectivity index (χ1n) is 9.60. The van der Waals surface area contributed by atoms with Crippen LogP contribution in [-0.2, 0) is 6.54 Å². The van der Waals surface area contributed by atoms with E-state index in [1.54, 1.807) is 13.2 Å². The van der Waals surface area contributed by atoms with Gasteiger partial charge in [-0.2, -0.15) is 0 Å². The summed E-state index contributed by atoms with van der Waals surface area (Å²) in [5.74, 6) is 3.93. The second-order valence-electron chi connectivity index (χ2n) is 6.90. The number of methoxy groups -OCH3 is 1. The zero-order chi connectivity index (χ0) is 21.1. The van der Waals surface area contributed by atoms with E-state index in [1.165, 1.54) is 0 Å². The number of rotatable bonds is 10. The molecular formula is C23H29N3O3. The van der Waals surface area contributed by atoms with E-state index in [1.807, 2.05) is 42.5 Å². The van der Waals surface area contributed by atoms with Crippen molar-refractivity contribution in [1.29, 1.82) is 0 Å². The molecule has 0 aromatic heterocycles. The number of carbonyl (C=O) groups is 1. The number of amides is 2. The fraction of sp³-hybridized carbons (Fsp3) is 0.348. The topological polar surface area (TPSA) is 71.6 Å². The minimum absolute atomic E-state index is 0.118. The lowest BCUT2D eigenvalue weighted by Crippen LogP contribution is -2.43. The number of hydrogen-bond acceptors (Lipinski definition) is 4. The summed E-state index contributed by atoms with van der Waals surface area (Å²) in [6.07, 6.45) is 5.25. The van der Waals surface area contributed by atoms with Crippen molar-refractivity contribution >= 4 is 11.7 Å². The van der Waals surface area contributed by atoms with Crippen LogP contribution < -0.4 is 25.4 Å². The summed E-state index contributed by atoms with van der Waals surface area (Å²) in [6.45, 7) is 5.27. The van der Waals surface area contributed by atoms with Crippen molar-refractivity contribution < 1.29 is 14.3 Å². The normalized spacial score (nSPS) is 11.3. The van der Waals surface area contributed by atoms with E-state index in [4.69, 9.17) is 15.9 Å². The summed E-state index contributed by atoms with van der Waals surface area (Å²) >= 11 is 0. The van der Waals surface area contributed by atoms with Crippen molar-refractivity contribution in [3.05, 3.63) is 54.1 Å². The van der Waals surface area contributed by atoms with E-state index in [2.05, 4.69) is 35.7 Å². The number of hydrogen-bond donors (Lipinski definition) is 3. The zero-order valence-electron chi connectivity index (χ0n) is 17.2. The van der Waals surface area contributed by atoms with E-state index in [-0.39, 0.29) is 18.7 Å². The molecule has 0 radical (unpaired) electrons. The standard InChI is InChI=1S/C23H29N3O3/c1-5-13-29-22-14-18(11-12-21(22)28-4)15-24-23(27)25-16-20(17(2)3)26-19-9-7-6-8-10-19/h1,6-12,14,17,20,26H,13,15-16H2,2-4H3,(H2,24,25,27). The van der Waals surface area contributed by atoms with Gasteiger partial charge in [-0.05, 0) is 35.7 Å². The Kier molecular flexibility index (Phi) is 8.71. The zero-order valence-corrected chi connectivity index (χ0v) is 17.2. The lowest BCUT2D eigenvalue weighted by molar-refractivity contribution is 0.239. The molecule has 2 amide bonds. The molecule has 1 atom stereocenters. The molecular weight excluding hydrogens is 366 g/mol. The first-order chi connectivity index (χ1) is 14.0. The lowest BCUT2D eigenvalue weighted by atomic mass is 10.0. The van der Waals surface area contributed by atoms with Crippen molar-refractivity contribution in [2.75, 3.05) is 25.6 Å². The van der Waals surface area contributed by atoms with E-state index < -0.39 is 0 Å². The van der Waals surface area contributed by atoms with Gasteiger partial charge in [0.05, 0.1) is 7.11 Å². The quantitative estimate of drug-likeness (QED) is 0.537. The molecule has 0 heterocycles. The molecule has 2 rings (SSSR count). The molecule has 0 fully saturated rings. The number of anilines is 1. The first-order valence-corrected chi connectivity index (χ1v) is 9.60. The summed E-state index contributed by atoms with van der Waals surface area (Å²) in [6, 6.07) is 15.3. The summed E-state index contributed by atoms with van der Waals surface area (Å²) < 4.78 is 10.7. The number of para-hydroxylation sites is 1. The van der Waals surface area contributed by atoms with E-state index in [0.717, 1.165) is 11.3 Å². The molecule has 0 saturated heterocycles. The summed E-state index contributed by atoms with van der Waals surface area (Å²) in [7, 11) is 1.57. The molecule has 0 aliphatic carbocycles. The number of ether oxygens (including phenoxy) is 2. The molecule has 6 heteroatoms. The summed E-state index contributed by atoms with van der Waals surface area (Å²) in [5, 5.41) is 9.25. The third-order valence-corrected chi connectivity index (χ3v) is 4.41. The van der Waals surface area contributed by atoms with Crippen LogP contribution in [0.2, 0.25) is 0 Å². The third kappa shape index (κ3) is 7.30. The Morgan fingerprint density at radius 1 is 1.10 bits per heavy atom. The van der Waals surface area contributed by atoms with E-state index >= 15 is 0 Å². The van der Waals surface area contributed by atoms with Crippen LogP contribution in [0.15, 0.2) is 48.5 Å². The molecule has 0 spiro atoms. The number of nitrogens with one attached hydrogen (secondary N) is 3. The van der Waals surface area contributed by atoms with Crippen LogP contribution in [-0.4, -0.2) is 32.3 Å². The van der Waals surface area contributed by atoms with Gasteiger partial charge in [-0.1, -0.05) is 44.0 Å². The highest BCUT2D eigenvalue weighted by Gasteiger charge is 2.14. The second kappa shape index (κ2) is 11.5. The number of carbonyl (C=O) groups excluding carboxylic acids is 1. The Hall–Kier alpha value is -3.33. The maximum absolute atomic E-state index is 12.2. The monoisotopic (exact) mass is 395 g/mol. The minimum Gasteiger partial charge on any atom is -0.493 e. The average molecular weight is 396 g/mol. The Labute approximate surface area is 173 Å². The van der Waals surface area contributed by atoms with Crippen molar-refractivity contribution in [3.8, 4) is 23.8 Å². The minimum atomic E-state index is -0.229. The van der Waals surface area contributed by atoms with Crippen molar-refractivity contribution in [2.45, 2.75) is 26.4 Å². The molecule has 154 valence electrons. The van der Waals surface area contributed by atoms with E-state index in [9.17, 15) is 4.79 Å². The molecule has 0 bridgehead atoms. The molecule has 29 heavy (non-hydrogen) atoms. The van der Waals surface area contributed by atoms with Gasteiger partial charge >= 0.3 is 6.03 Å². The predicted molar refractivity (Wildman–Crippen MR) is 116 cm³/mol. The van der Waals surface area contributed by atoms with Crippen molar-refractivity contribution in [2.24, 2.45) is 5.92 Å². The van der Waals surface area contributed by atoms with Crippen molar-refractivity contribution in [3.63, 3.8) is 0 Å². The van der Waals surface area contributed by atoms with Crippen LogP contribution >= 0.6 is 0 Å². The summed E-state index contributed by atoms with van der Waals surface area (Å²) in [5.41, 5.74) is 1.92. The van der Waals surface area contributed by atoms with Crippen LogP contribution in [0.5, 0.6) is 11.5 Å². The fourth-order valence-corrected chi connectivity index (χ4v) is 2.71. The maximum atomic E-state index is 12.2. The third-order valence-electron chi connectivity index (χ3n) is 4.41. The Morgan fingerprint density at radius 2 is 1.86 bits per heavy atom. The van der Waals surface area contributed by atoms with Gasteiger partial charge in [-0.25, -0.2) is 4.79 Å². The molecule has 2 aromatic carbocycles. The highest BCUT2D eigenvalue weighted by Crippen LogP contribution is 2.27. The lowest BCUT2D eigenvalue weighted by Gasteiger charge is -2.24. The van der Waals surface area contributed by atoms with Gasteiger partial charge in [-0.3, -0.25) is 0 Å². The molecule has 3 N–H and O–H groups in total. The number of terminal acetylenes is 1. The van der Waals surface area contributed by atoms with Gasteiger partial charge in [0.15, 0.2) is 11.5 Å². The van der Waals surface area contributed by atoms with Gasteiger partial charge in [0.25, 0.3) is 0 Å². The van der Waals surface area contributed by atoms with Crippen LogP contribution in [0, 0.1) is 18.3 Å². The largest absolute Gasteiger partial charge is 0.493 e. The molecule has 2 aromatic rings. The first kappa shape index (κ1) is 22.0. The van der Waals surface area contributed by atoms with Gasteiger partial charge < -0.3 is 25.4 Å².